The minimum atomic E-state index is 0.235. The quantitative estimate of drug-likeness (QED) is 0.383. The topological polar surface area (TPSA) is 74.7 Å². The second-order valence-corrected chi connectivity index (χ2v) is 5.45. The van der Waals surface area contributed by atoms with Crippen LogP contribution in [0.5, 0.6) is 0 Å². The lowest BCUT2D eigenvalue weighted by Gasteiger charge is -2.29. The third kappa shape index (κ3) is 3.42. The molecule has 0 amide bonds. The number of para-hydroxylation sites is 1. The standard InChI is InChI=1S/C16H22N4O/c1-11(2)20(9-8-15(17)19-21)16-12(3)10-13-6-4-5-7-14(13)18-16/h4-7,10-11,21H,8-9H2,1-3H3,(H2,17,19). The maximum atomic E-state index is 8.68. The Hall–Kier alpha value is -2.30. The Morgan fingerprint density at radius 3 is 2.76 bits per heavy atom. The summed E-state index contributed by atoms with van der Waals surface area (Å²) in [6, 6.07) is 10.5. The molecular weight excluding hydrogens is 264 g/mol. The lowest BCUT2D eigenvalue weighted by atomic mass is 10.1. The summed E-state index contributed by atoms with van der Waals surface area (Å²) in [4.78, 5) is 6.96. The van der Waals surface area contributed by atoms with E-state index < -0.39 is 0 Å². The molecule has 5 heteroatoms. The second-order valence-electron chi connectivity index (χ2n) is 5.45. The first-order valence-corrected chi connectivity index (χ1v) is 7.12. The van der Waals surface area contributed by atoms with Gasteiger partial charge in [-0.2, -0.15) is 0 Å². The lowest BCUT2D eigenvalue weighted by molar-refractivity contribution is 0.317. The third-order valence-electron chi connectivity index (χ3n) is 3.52. The highest BCUT2D eigenvalue weighted by atomic mass is 16.4. The van der Waals surface area contributed by atoms with Crippen LogP contribution in [0, 0.1) is 6.92 Å². The van der Waals surface area contributed by atoms with Crippen LogP contribution in [-0.2, 0) is 0 Å². The zero-order valence-corrected chi connectivity index (χ0v) is 12.7. The number of fused-ring (bicyclic) bond motifs is 1. The zero-order chi connectivity index (χ0) is 15.4. The van der Waals surface area contributed by atoms with E-state index in [-0.39, 0.29) is 11.9 Å². The molecule has 0 radical (unpaired) electrons. The van der Waals surface area contributed by atoms with Crippen molar-refractivity contribution in [1.82, 2.24) is 4.98 Å². The predicted molar refractivity (Wildman–Crippen MR) is 87.0 cm³/mol. The highest BCUT2D eigenvalue weighted by Crippen LogP contribution is 2.24. The van der Waals surface area contributed by atoms with E-state index in [9.17, 15) is 0 Å². The maximum absolute atomic E-state index is 8.68. The molecule has 5 nitrogen and oxygen atoms in total. The monoisotopic (exact) mass is 286 g/mol. The molecule has 0 aliphatic rings. The first-order valence-electron chi connectivity index (χ1n) is 7.12. The Morgan fingerprint density at radius 2 is 2.10 bits per heavy atom. The number of hydrogen-bond donors (Lipinski definition) is 2. The Morgan fingerprint density at radius 1 is 1.38 bits per heavy atom. The van der Waals surface area contributed by atoms with E-state index in [1.807, 2.05) is 18.2 Å². The second kappa shape index (κ2) is 6.43. The molecule has 0 unspecified atom stereocenters. The summed E-state index contributed by atoms with van der Waals surface area (Å²) in [6.07, 6.45) is 0.503. The number of aryl methyl sites for hydroxylation is 1. The highest BCUT2D eigenvalue weighted by molar-refractivity contribution is 5.82. The van der Waals surface area contributed by atoms with Crippen molar-refractivity contribution in [3.8, 4) is 0 Å². The number of hydrogen-bond acceptors (Lipinski definition) is 4. The van der Waals surface area contributed by atoms with Gasteiger partial charge in [-0.3, -0.25) is 0 Å². The van der Waals surface area contributed by atoms with Crippen molar-refractivity contribution in [2.75, 3.05) is 11.4 Å². The first-order chi connectivity index (χ1) is 10.0. The number of rotatable bonds is 5. The summed E-state index contributed by atoms with van der Waals surface area (Å²) in [7, 11) is 0. The Balaban J connectivity index is 2.37. The van der Waals surface area contributed by atoms with Crippen LogP contribution in [0.25, 0.3) is 10.9 Å². The van der Waals surface area contributed by atoms with Crippen LogP contribution in [0.4, 0.5) is 5.82 Å². The highest BCUT2D eigenvalue weighted by Gasteiger charge is 2.15. The minimum absolute atomic E-state index is 0.235. The van der Waals surface area contributed by atoms with Gasteiger partial charge in [-0.25, -0.2) is 4.98 Å². The van der Waals surface area contributed by atoms with Crippen LogP contribution < -0.4 is 10.6 Å². The molecule has 0 saturated carbocycles. The van der Waals surface area contributed by atoms with Crippen molar-refractivity contribution in [1.29, 1.82) is 0 Å². The molecule has 0 atom stereocenters. The number of aromatic nitrogens is 1. The van der Waals surface area contributed by atoms with Crippen LogP contribution in [0.3, 0.4) is 0 Å². The van der Waals surface area contributed by atoms with Gasteiger partial charge in [0.05, 0.1) is 5.52 Å². The van der Waals surface area contributed by atoms with Crippen molar-refractivity contribution in [2.24, 2.45) is 10.9 Å². The molecule has 112 valence electrons. The zero-order valence-electron chi connectivity index (χ0n) is 12.7. The number of benzene rings is 1. The third-order valence-corrected chi connectivity index (χ3v) is 3.52. The summed E-state index contributed by atoms with van der Waals surface area (Å²) >= 11 is 0. The van der Waals surface area contributed by atoms with Crippen LogP contribution in [0.15, 0.2) is 35.5 Å². The van der Waals surface area contributed by atoms with Crippen LogP contribution in [0.1, 0.15) is 25.8 Å². The number of nitrogens with two attached hydrogens (primary N) is 1. The van der Waals surface area contributed by atoms with Crippen molar-refractivity contribution in [3.63, 3.8) is 0 Å². The molecule has 2 aromatic rings. The van der Waals surface area contributed by atoms with E-state index in [1.165, 1.54) is 0 Å². The van der Waals surface area contributed by atoms with Gasteiger partial charge in [0.25, 0.3) is 0 Å². The van der Waals surface area contributed by atoms with E-state index in [4.69, 9.17) is 15.9 Å². The average molecular weight is 286 g/mol. The summed E-state index contributed by atoms with van der Waals surface area (Å²) in [6.45, 7) is 6.96. The Kier molecular flexibility index (Phi) is 4.62. The maximum Gasteiger partial charge on any atom is 0.140 e. The Bertz CT molecular complexity index is 652. The summed E-state index contributed by atoms with van der Waals surface area (Å²) < 4.78 is 0. The van der Waals surface area contributed by atoms with E-state index in [2.05, 4.69) is 43.0 Å². The number of nitrogens with zero attached hydrogens (tertiary/aromatic N) is 3. The largest absolute Gasteiger partial charge is 0.409 e. The predicted octanol–water partition coefficient (Wildman–Crippen LogP) is 2.89. The summed E-state index contributed by atoms with van der Waals surface area (Å²) in [5.41, 5.74) is 7.69. The van der Waals surface area contributed by atoms with Crippen molar-refractivity contribution >= 4 is 22.6 Å². The molecule has 0 aliphatic carbocycles. The van der Waals surface area contributed by atoms with Crippen molar-refractivity contribution in [3.05, 3.63) is 35.9 Å². The van der Waals surface area contributed by atoms with Crippen LogP contribution in [0.2, 0.25) is 0 Å². The van der Waals surface area contributed by atoms with Crippen LogP contribution in [-0.4, -0.2) is 28.6 Å². The van der Waals surface area contributed by atoms with Gasteiger partial charge in [0.2, 0.25) is 0 Å². The minimum Gasteiger partial charge on any atom is -0.409 e. The van der Waals surface area contributed by atoms with E-state index in [0.29, 0.717) is 13.0 Å². The fourth-order valence-electron chi connectivity index (χ4n) is 2.40. The van der Waals surface area contributed by atoms with Gasteiger partial charge < -0.3 is 15.8 Å². The molecule has 0 fully saturated rings. The van der Waals surface area contributed by atoms with Gasteiger partial charge in [0, 0.05) is 24.4 Å². The van der Waals surface area contributed by atoms with Crippen LogP contribution >= 0.6 is 0 Å². The lowest BCUT2D eigenvalue weighted by Crippen LogP contribution is -2.35. The molecule has 1 heterocycles. The van der Waals surface area contributed by atoms with E-state index in [0.717, 1.165) is 22.3 Å². The fraction of sp³-hybridized carbons (Fsp3) is 0.375. The molecule has 1 aromatic heterocycles. The number of anilines is 1. The molecular formula is C16H22N4O. The molecule has 0 spiro atoms. The molecule has 0 aliphatic heterocycles. The molecule has 0 saturated heterocycles. The van der Waals surface area contributed by atoms with E-state index in [1.54, 1.807) is 0 Å². The Labute approximate surface area is 125 Å². The molecule has 0 bridgehead atoms. The normalized spacial score (nSPS) is 12.1. The molecule has 2 rings (SSSR count). The van der Waals surface area contributed by atoms with Gasteiger partial charge in [0.15, 0.2) is 0 Å². The fourth-order valence-corrected chi connectivity index (χ4v) is 2.40. The number of amidine groups is 1. The first kappa shape index (κ1) is 15.1. The number of pyridine rings is 1. The average Bonchev–Trinajstić information content (AvgIpc) is 2.47. The van der Waals surface area contributed by atoms with Crippen molar-refractivity contribution < 1.29 is 5.21 Å². The van der Waals surface area contributed by atoms with Gasteiger partial charge >= 0.3 is 0 Å². The van der Waals surface area contributed by atoms with Crippen molar-refractivity contribution in [2.45, 2.75) is 33.2 Å². The number of oxime groups is 1. The summed E-state index contributed by atoms with van der Waals surface area (Å²) in [5.74, 6) is 1.19. The molecule has 21 heavy (non-hydrogen) atoms. The van der Waals surface area contributed by atoms with Gasteiger partial charge in [-0.1, -0.05) is 23.4 Å². The molecule has 1 aromatic carbocycles. The summed E-state index contributed by atoms with van der Waals surface area (Å²) in [5, 5.41) is 12.9. The SMILES string of the molecule is Cc1cc2ccccc2nc1N(CCC(N)=NO)C(C)C. The van der Waals surface area contributed by atoms with Gasteiger partial charge in [0.1, 0.15) is 11.7 Å². The smallest absolute Gasteiger partial charge is 0.140 e. The van der Waals surface area contributed by atoms with Gasteiger partial charge in [-0.05, 0) is 38.5 Å². The van der Waals surface area contributed by atoms with Gasteiger partial charge in [-0.15, -0.1) is 0 Å². The molecule has 3 N–H and O–H groups in total. The van der Waals surface area contributed by atoms with E-state index >= 15 is 0 Å².